The molecule has 0 saturated heterocycles. The molecule has 6 heteroatoms. The first-order chi connectivity index (χ1) is 12.7. The molecule has 0 saturated carbocycles. The number of rotatable bonds is 5. The van der Waals surface area contributed by atoms with Gasteiger partial charge in [-0.3, -0.25) is 14.0 Å². The molecule has 0 fully saturated rings. The average Bonchev–Trinajstić information content (AvgIpc) is 3.28. The number of amides is 1. The number of benzene rings is 1. The normalized spacial score (nSPS) is 11.1. The third-order valence-electron chi connectivity index (χ3n) is 4.42. The summed E-state index contributed by atoms with van der Waals surface area (Å²) in [7, 11) is 0. The zero-order valence-electron chi connectivity index (χ0n) is 14.2. The predicted molar refractivity (Wildman–Crippen MR) is 97.3 cm³/mol. The molecule has 3 heterocycles. The topological polar surface area (TPSA) is 76.6 Å². The number of hydrogen-bond acceptors (Lipinski definition) is 4. The smallest absolute Gasteiger partial charge is 0.255 e. The molecule has 1 amide bonds. The molecule has 0 aliphatic heterocycles. The SMILES string of the molecule is CCc1nc2c(C(=O)NCc3ccc4occc4c3)cccn2c1C=O. The van der Waals surface area contributed by atoms with Crippen LogP contribution in [0, 0.1) is 0 Å². The van der Waals surface area contributed by atoms with Crippen LogP contribution in [0.25, 0.3) is 16.6 Å². The van der Waals surface area contributed by atoms with E-state index in [2.05, 4.69) is 10.3 Å². The van der Waals surface area contributed by atoms with E-state index in [1.54, 1.807) is 29.0 Å². The Morgan fingerprint density at radius 3 is 3.00 bits per heavy atom. The van der Waals surface area contributed by atoms with E-state index in [-0.39, 0.29) is 5.91 Å². The molecule has 4 aromatic rings. The molecule has 0 radical (unpaired) electrons. The van der Waals surface area contributed by atoms with Crippen molar-refractivity contribution in [2.75, 3.05) is 0 Å². The second-order valence-electron chi connectivity index (χ2n) is 6.01. The van der Waals surface area contributed by atoms with Crippen molar-refractivity contribution >= 4 is 28.8 Å². The fraction of sp³-hybridized carbons (Fsp3) is 0.150. The molecule has 6 nitrogen and oxygen atoms in total. The molecule has 26 heavy (non-hydrogen) atoms. The number of aldehydes is 1. The number of nitrogens with one attached hydrogen (secondary N) is 1. The highest BCUT2D eigenvalue weighted by Crippen LogP contribution is 2.18. The van der Waals surface area contributed by atoms with Crippen LogP contribution in [0.15, 0.2) is 53.3 Å². The zero-order valence-corrected chi connectivity index (χ0v) is 14.2. The first-order valence-electron chi connectivity index (χ1n) is 8.40. The van der Waals surface area contributed by atoms with Gasteiger partial charge < -0.3 is 9.73 Å². The summed E-state index contributed by atoms with van der Waals surface area (Å²) in [6, 6.07) is 11.1. The van der Waals surface area contributed by atoms with E-state index in [9.17, 15) is 9.59 Å². The Kier molecular flexibility index (Phi) is 4.01. The number of furan rings is 1. The monoisotopic (exact) mass is 347 g/mol. The lowest BCUT2D eigenvalue weighted by molar-refractivity contribution is 0.0951. The molecule has 0 spiro atoms. The summed E-state index contributed by atoms with van der Waals surface area (Å²) in [4.78, 5) is 28.5. The lowest BCUT2D eigenvalue weighted by atomic mass is 10.1. The first kappa shape index (κ1) is 16.1. The van der Waals surface area contributed by atoms with Gasteiger partial charge >= 0.3 is 0 Å². The standard InChI is InChI=1S/C20H17N3O3/c1-2-16-17(12-24)23-8-3-4-15(19(23)22-16)20(25)21-11-13-5-6-18-14(10-13)7-9-26-18/h3-10,12H,2,11H2,1H3,(H,21,25). The summed E-state index contributed by atoms with van der Waals surface area (Å²) in [5.41, 5.74) is 3.91. The van der Waals surface area contributed by atoms with Gasteiger partial charge in [-0.25, -0.2) is 4.98 Å². The van der Waals surface area contributed by atoms with Gasteiger partial charge in [-0.05, 0) is 42.3 Å². The number of hydrogen-bond donors (Lipinski definition) is 1. The number of carbonyl (C=O) groups is 2. The highest BCUT2D eigenvalue weighted by Gasteiger charge is 2.16. The summed E-state index contributed by atoms with van der Waals surface area (Å²) >= 11 is 0. The van der Waals surface area contributed by atoms with Gasteiger partial charge in [0.25, 0.3) is 5.91 Å². The molecule has 4 rings (SSSR count). The number of aromatic nitrogens is 2. The zero-order chi connectivity index (χ0) is 18.1. The minimum atomic E-state index is -0.229. The molecule has 0 bridgehead atoms. The van der Waals surface area contributed by atoms with E-state index in [0.717, 1.165) is 22.8 Å². The Labute approximate surface area is 149 Å². The van der Waals surface area contributed by atoms with Gasteiger partial charge in [0.05, 0.1) is 17.5 Å². The van der Waals surface area contributed by atoms with Gasteiger partial charge in [-0.15, -0.1) is 0 Å². The van der Waals surface area contributed by atoms with Crippen LogP contribution in [-0.2, 0) is 13.0 Å². The Morgan fingerprint density at radius 2 is 2.19 bits per heavy atom. The number of nitrogens with zero attached hydrogens (tertiary/aromatic N) is 2. The molecule has 0 atom stereocenters. The van der Waals surface area contributed by atoms with Crippen LogP contribution in [0.5, 0.6) is 0 Å². The summed E-state index contributed by atoms with van der Waals surface area (Å²) in [5.74, 6) is -0.229. The predicted octanol–water partition coefficient (Wildman–Crippen LogP) is 3.39. The quantitative estimate of drug-likeness (QED) is 0.562. The van der Waals surface area contributed by atoms with Gasteiger partial charge in [0.2, 0.25) is 0 Å². The van der Waals surface area contributed by atoms with Crippen molar-refractivity contribution in [1.82, 2.24) is 14.7 Å². The summed E-state index contributed by atoms with van der Waals surface area (Å²) in [6.45, 7) is 2.32. The van der Waals surface area contributed by atoms with E-state index in [4.69, 9.17) is 4.42 Å². The molecular weight excluding hydrogens is 330 g/mol. The minimum absolute atomic E-state index is 0.229. The third kappa shape index (κ3) is 2.65. The molecule has 130 valence electrons. The van der Waals surface area contributed by atoms with Gasteiger partial charge in [0.15, 0.2) is 6.29 Å². The van der Waals surface area contributed by atoms with Gasteiger partial charge in [-0.1, -0.05) is 13.0 Å². The Bertz CT molecular complexity index is 1120. The van der Waals surface area contributed by atoms with Crippen LogP contribution >= 0.6 is 0 Å². The second-order valence-corrected chi connectivity index (χ2v) is 6.01. The number of fused-ring (bicyclic) bond motifs is 2. The summed E-state index contributed by atoms with van der Waals surface area (Å²) in [5, 5.41) is 3.91. The van der Waals surface area contributed by atoms with Crippen molar-refractivity contribution < 1.29 is 14.0 Å². The van der Waals surface area contributed by atoms with Crippen molar-refractivity contribution in [2.45, 2.75) is 19.9 Å². The van der Waals surface area contributed by atoms with Crippen molar-refractivity contribution in [3.05, 3.63) is 71.4 Å². The maximum absolute atomic E-state index is 12.7. The largest absolute Gasteiger partial charge is 0.464 e. The van der Waals surface area contributed by atoms with Crippen molar-refractivity contribution in [2.24, 2.45) is 0 Å². The number of aryl methyl sites for hydroxylation is 1. The molecule has 1 aromatic carbocycles. The summed E-state index contributed by atoms with van der Waals surface area (Å²) in [6.07, 6.45) is 4.79. The van der Waals surface area contributed by atoms with E-state index < -0.39 is 0 Å². The molecule has 0 aliphatic carbocycles. The van der Waals surface area contributed by atoms with E-state index in [1.165, 1.54) is 0 Å². The van der Waals surface area contributed by atoms with E-state index in [1.807, 2.05) is 31.2 Å². The van der Waals surface area contributed by atoms with Crippen LogP contribution in [0.3, 0.4) is 0 Å². The van der Waals surface area contributed by atoms with Crippen LogP contribution in [0.1, 0.15) is 39.0 Å². The Morgan fingerprint density at radius 1 is 1.31 bits per heavy atom. The van der Waals surface area contributed by atoms with Gasteiger partial charge in [0.1, 0.15) is 16.9 Å². The Hall–Kier alpha value is -3.41. The Balaban J connectivity index is 1.61. The van der Waals surface area contributed by atoms with Crippen molar-refractivity contribution in [3.8, 4) is 0 Å². The number of pyridine rings is 1. The van der Waals surface area contributed by atoms with Crippen LogP contribution in [0.2, 0.25) is 0 Å². The maximum Gasteiger partial charge on any atom is 0.255 e. The number of carbonyl (C=O) groups excluding carboxylic acids is 2. The first-order valence-corrected chi connectivity index (χ1v) is 8.40. The van der Waals surface area contributed by atoms with Crippen LogP contribution < -0.4 is 5.32 Å². The molecule has 0 aliphatic rings. The lowest BCUT2D eigenvalue weighted by Crippen LogP contribution is -2.23. The fourth-order valence-corrected chi connectivity index (χ4v) is 3.10. The van der Waals surface area contributed by atoms with Crippen LogP contribution in [-0.4, -0.2) is 21.6 Å². The van der Waals surface area contributed by atoms with Gasteiger partial charge in [-0.2, -0.15) is 0 Å². The van der Waals surface area contributed by atoms with Gasteiger partial charge in [0, 0.05) is 18.1 Å². The summed E-state index contributed by atoms with van der Waals surface area (Å²) < 4.78 is 6.99. The third-order valence-corrected chi connectivity index (χ3v) is 4.42. The molecule has 3 aromatic heterocycles. The van der Waals surface area contributed by atoms with Crippen LogP contribution in [0.4, 0.5) is 0 Å². The molecule has 1 N–H and O–H groups in total. The lowest BCUT2D eigenvalue weighted by Gasteiger charge is -2.07. The number of imidazole rings is 1. The van der Waals surface area contributed by atoms with Crippen molar-refractivity contribution in [1.29, 1.82) is 0 Å². The fourth-order valence-electron chi connectivity index (χ4n) is 3.10. The second kappa shape index (κ2) is 6.48. The van der Waals surface area contributed by atoms with Crippen molar-refractivity contribution in [3.63, 3.8) is 0 Å². The average molecular weight is 347 g/mol. The highest BCUT2D eigenvalue weighted by atomic mass is 16.3. The molecular formula is C20H17N3O3. The maximum atomic E-state index is 12.7. The minimum Gasteiger partial charge on any atom is -0.464 e. The molecule has 0 unspecified atom stereocenters. The van der Waals surface area contributed by atoms with E-state index in [0.29, 0.717) is 35.6 Å². The highest BCUT2D eigenvalue weighted by molar-refractivity contribution is 6.00. The van der Waals surface area contributed by atoms with E-state index >= 15 is 0 Å².